The Balaban J connectivity index is 1.23. The van der Waals surface area contributed by atoms with E-state index in [1.165, 1.54) is 29.0 Å². The van der Waals surface area contributed by atoms with E-state index in [2.05, 4.69) is 26.6 Å². The number of nitrogens with one attached hydrogen (secondary N) is 2. The van der Waals surface area contributed by atoms with Crippen LogP contribution >= 0.6 is 11.3 Å². The van der Waals surface area contributed by atoms with Gasteiger partial charge in [-0.25, -0.2) is 4.98 Å². The van der Waals surface area contributed by atoms with Crippen LogP contribution in [-0.4, -0.2) is 41.3 Å². The topological polar surface area (TPSA) is 74.3 Å². The zero-order valence-electron chi connectivity index (χ0n) is 17.8. The quantitative estimate of drug-likeness (QED) is 0.760. The number of piperidine rings is 1. The third-order valence-corrected chi connectivity index (χ3v) is 7.13. The van der Waals surface area contributed by atoms with Gasteiger partial charge in [-0.2, -0.15) is 0 Å². The standard InChI is InChI=1S/C23H30N4O2S/c1-15-7-8-18(16(2)13-15)24-21(28)14-27-11-9-17(10-12-27)22(29)26-23-25-19-5-3-4-6-20(19)30-23/h7-8,13,17H,3-6,9-12,14H2,1-2H3,(H,24,28)(H,25,26,29). The van der Waals surface area contributed by atoms with E-state index in [1.54, 1.807) is 11.3 Å². The highest BCUT2D eigenvalue weighted by atomic mass is 32.1. The number of aryl methyl sites for hydroxylation is 4. The monoisotopic (exact) mass is 426 g/mol. The fraction of sp³-hybridized carbons (Fsp3) is 0.522. The van der Waals surface area contributed by atoms with Gasteiger partial charge in [0.2, 0.25) is 11.8 Å². The number of benzene rings is 1. The van der Waals surface area contributed by atoms with E-state index in [-0.39, 0.29) is 17.7 Å². The van der Waals surface area contributed by atoms with Crippen LogP contribution in [0.3, 0.4) is 0 Å². The molecule has 2 heterocycles. The van der Waals surface area contributed by atoms with Crippen molar-refractivity contribution < 1.29 is 9.59 Å². The predicted octanol–water partition coefficient (Wildman–Crippen LogP) is 3.93. The van der Waals surface area contributed by atoms with E-state index in [9.17, 15) is 9.59 Å². The van der Waals surface area contributed by atoms with Crippen LogP contribution in [0.25, 0.3) is 0 Å². The molecule has 4 rings (SSSR count). The van der Waals surface area contributed by atoms with Gasteiger partial charge in [-0.15, -0.1) is 11.3 Å². The summed E-state index contributed by atoms with van der Waals surface area (Å²) in [7, 11) is 0. The molecule has 0 bridgehead atoms. The fourth-order valence-electron chi connectivity index (χ4n) is 4.31. The first-order chi connectivity index (χ1) is 14.5. The summed E-state index contributed by atoms with van der Waals surface area (Å²) in [6.07, 6.45) is 6.08. The number of thiazole rings is 1. The Morgan fingerprint density at radius 1 is 1.13 bits per heavy atom. The van der Waals surface area contributed by atoms with Crippen molar-refractivity contribution in [1.29, 1.82) is 0 Å². The Hall–Kier alpha value is -2.25. The molecule has 0 saturated carbocycles. The lowest BCUT2D eigenvalue weighted by Crippen LogP contribution is -2.41. The van der Waals surface area contributed by atoms with Gasteiger partial charge < -0.3 is 10.6 Å². The minimum absolute atomic E-state index is 0.00165. The molecule has 1 aliphatic carbocycles. The summed E-state index contributed by atoms with van der Waals surface area (Å²) in [6, 6.07) is 6.03. The van der Waals surface area contributed by atoms with Crippen LogP contribution in [0.1, 0.15) is 47.4 Å². The molecule has 7 heteroatoms. The largest absolute Gasteiger partial charge is 0.325 e. The number of anilines is 2. The van der Waals surface area contributed by atoms with Crippen molar-refractivity contribution >= 4 is 34.0 Å². The summed E-state index contributed by atoms with van der Waals surface area (Å²) in [5.74, 6) is 0.0586. The number of hydrogen-bond donors (Lipinski definition) is 2. The van der Waals surface area contributed by atoms with Crippen molar-refractivity contribution in [2.75, 3.05) is 30.3 Å². The highest BCUT2D eigenvalue weighted by Gasteiger charge is 2.27. The molecule has 1 saturated heterocycles. The average Bonchev–Trinajstić information content (AvgIpc) is 3.13. The normalized spacial score (nSPS) is 17.4. The molecule has 1 aromatic carbocycles. The maximum absolute atomic E-state index is 12.7. The molecule has 6 nitrogen and oxygen atoms in total. The molecule has 0 radical (unpaired) electrons. The number of carbonyl (C=O) groups excluding carboxylic acids is 2. The molecule has 2 aromatic rings. The van der Waals surface area contributed by atoms with E-state index in [1.807, 2.05) is 26.0 Å². The third-order valence-electron chi connectivity index (χ3n) is 6.06. The second-order valence-corrected chi connectivity index (χ2v) is 9.59. The van der Waals surface area contributed by atoms with Crippen molar-refractivity contribution in [2.24, 2.45) is 5.92 Å². The van der Waals surface area contributed by atoms with E-state index in [0.29, 0.717) is 6.54 Å². The molecular formula is C23H30N4O2S. The summed E-state index contributed by atoms with van der Waals surface area (Å²) in [4.78, 5) is 33.2. The molecular weight excluding hydrogens is 396 g/mol. The second-order valence-electron chi connectivity index (χ2n) is 8.50. The molecule has 0 spiro atoms. The van der Waals surface area contributed by atoms with Crippen LogP contribution in [0.15, 0.2) is 18.2 Å². The number of amides is 2. The highest BCUT2D eigenvalue weighted by Crippen LogP contribution is 2.30. The first-order valence-electron chi connectivity index (χ1n) is 10.9. The van der Waals surface area contributed by atoms with Crippen molar-refractivity contribution in [3.05, 3.63) is 39.9 Å². The smallest absolute Gasteiger partial charge is 0.238 e. The molecule has 160 valence electrons. The molecule has 2 aliphatic rings. The van der Waals surface area contributed by atoms with Crippen LogP contribution in [0.2, 0.25) is 0 Å². The van der Waals surface area contributed by atoms with Crippen LogP contribution in [0, 0.1) is 19.8 Å². The van der Waals surface area contributed by atoms with Gasteiger partial charge in [0.05, 0.1) is 12.2 Å². The summed E-state index contributed by atoms with van der Waals surface area (Å²) >= 11 is 1.63. The fourth-order valence-corrected chi connectivity index (χ4v) is 5.37. The number of hydrogen-bond acceptors (Lipinski definition) is 5. The molecule has 1 aromatic heterocycles. The van der Waals surface area contributed by atoms with Gasteiger partial charge in [-0.05, 0) is 77.1 Å². The Morgan fingerprint density at radius 2 is 1.90 bits per heavy atom. The van der Waals surface area contributed by atoms with Crippen LogP contribution in [0.5, 0.6) is 0 Å². The Bertz CT molecular complexity index is 908. The lowest BCUT2D eigenvalue weighted by molar-refractivity contribution is -0.121. The maximum Gasteiger partial charge on any atom is 0.238 e. The zero-order chi connectivity index (χ0) is 21.1. The van der Waals surface area contributed by atoms with E-state index in [0.717, 1.165) is 55.2 Å². The molecule has 1 aliphatic heterocycles. The molecule has 30 heavy (non-hydrogen) atoms. The Labute approximate surface area is 182 Å². The molecule has 1 fully saturated rings. The summed E-state index contributed by atoms with van der Waals surface area (Å²) in [6.45, 7) is 5.92. The van der Waals surface area contributed by atoms with Crippen molar-refractivity contribution in [3.8, 4) is 0 Å². The van der Waals surface area contributed by atoms with E-state index in [4.69, 9.17) is 0 Å². The highest BCUT2D eigenvalue weighted by molar-refractivity contribution is 7.15. The number of aromatic nitrogens is 1. The molecule has 2 amide bonds. The van der Waals surface area contributed by atoms with Gasteiger partial charge in [-0.3, -0.25) is 14.5 Å². The van der Waals surface area contributed by atoms with Crippen LogP contribution in [-0.2, 0) is 22.4 Å². The summed E-state index contributed by atoms with van der Waals surface area (Å²) < 4.78 is 0. The van der Waals surface area contributed by atoms with E-state index < -0.39 is 0 Å². The minimum atomic E-state index is -0.00965. The summed E-state index contributed by atoms with van der Waals surface area (Å²) in [5, 5.41) is 6.80. The van der Waals surface area contributed by atoms with Gasteiger partial charge >= 0.3 is 0 Å². The number of rotatable bonds is 5. The van der Waals surface area contributed by atoms with Crippen molar-refractivity contribution in [2.45, 2.75) is 52.4 Å². The first kappa shape index (κ1) is 21.0. The van der Waals surface area contributed by atoms with Crippen LogP contribution < -0.4 is 10.6 Å². The Morgan fingerprint density at radius 3 is 2.63 bits per heavy atom. The van der Waals surface area contributed by atoms with Gasteiger partial charge in [0.15, 0.2) is 5.13 Å². The molecule has 0 atom stereocenters. The lowest BCUT2D eigenvalue weighted by atomic mass is 9.96. The van der Waals surface area contributed by atoms with Crippen molar-refractivity contribution in [3.63, 3.8) is 0 Å². The zero-order valence-corrected chi connectivity index (χ0v) is 18.6. The molecule has 2 N–H and O–H groups in total. The predicted molar refractivity (Wildman–Crippen MR) is 121 cm³/mol. The first-order valence-corrected chi connectivity index (χ1v) is 11.7. The number of nitrogens with zero attached hydrogens (tertiary/aromatic N) is 2. The lowest BCUT2D eigenvalue weighted by Gasteiger charge is -2.30. The van der Waals surface area contributed by atoms with Crippen LogP contribution in [0.4, 0.5) is 10.8 Å². The average molecular weight is 427 g/mol. The minimum Gasteiger partial charge on any atom is -0.325 e. The van der Waals surface area contributed by atoms with Gasteiger partial charge in [0.25, 0.3) is 0 Å². The third kappa shape index (κ3) is 5.08. The number of carbonyl (C=O) groups is 2. The summed E-state index contributed by atoms with van der Waals surface area (Å²) in [5.41, 5.74) is 4.29. The van der Waals surface area contributed by atoms with Gasteiger partial charge in [0, 0.05) is 16.5 Å². The van der Waals surface area contributed by atoms with Crippen molar-refractivity contribution in [1.82, 2.24) is 9.88 Å². The number of fused-ring (bicyclic) bond motifs is 1. The maximum atomic E-state index is 12.7. The second kappa shape index (κ2) is 9.27. The molecule has 0 unspecified atom stereocenters. The van der Waals surface area contributed by atoms with Gasteiger partial charge in [-0.1, -0.05) is 17.7 Å². The Kier molecular flexibility index (Phi) is 6.49. The van der Waals surface area contributed by atoms with Gasteiger partial charge in [0.1, 0.15) is 0 Å². The SMILES string of the molecule is Cc1ccc(NC(=O)CN2CCC(C(=O)Nc3nc4c(s3)CCCC4)CC2)c(C)c1. The van der Waals surface area contributed by atoms with E-state index >= 15 is 0 Å². The number of likely N-dealkylation sites (tertiary alicyclic amines) is 1.